The van der Waals surface area contributed by atoms with E-state index in [0.717, 1.165) is 56.9 Å². The van der Waals surface area contributed by atoms with Gasteiger partial charge in [-0.05, 0) is 85.6 Å². The minimum Gasteiger partial charge on any atom is -0.425 e. The fourth-order valence-electron chi connectivity index (χ4n) is 4.54. The molecule has 2 aromatic rings. The van der Waals surface area contributed by atoms with E-state index >= 15 is 0 Å². The van der Waals surface area contributed by atoms with Crippen LogP contribution in [0.3, 0.4) is 0 Å². The van der Waals surface area contributed by atoms with E-state index in [-0.39, 0.29) is 11.9 Å². The Morgan fingerprint density at radius 2 is 1.74 bits per heavy atom. The van der Waals surface area contributed by atoms with Crippen LogP contribution >= 0.6 is 0 Å². The third kappa shape index (κ3) is 6.44. The van der Waals surface area contributed by atoms with E-state index in [1.165, 1.54) is 11.1 Å². The van der Waals surface area contributed by atoms with Crippen LogP contribution in [0.15, 0.2) is 42.5 Å². The number of carbonyl (C=O) groups excluding carboxylic acids is 1. The molecule has 3 heteroatoms. The predicted octanol–water partition coefficient (Wildman–Crippen LogP) is 6.98. The second-order valence-corrected chi connectivity index (χ2v) is 9.36. The lowest BCUT2D eigenvalue weighted by Crippen LogP contribution is -2.25. The molecule has 31 heavy (non-hydrogen) atoms. The summed E-state index contributed by atoms with van der Waals surface area (Å²) in [5.41, 5.74) is 4.36. The average Bonchev–Trinajstić information content (AvgIpc) is 2.78. The van der Waals surface area contributed by atoms with Gasteiger partial charge in [-0.25, -0.2) is 0 Å². The topological polar surface area (TPSA) is 50.1 Å². The Kier molecular flexibility index (Phi) is 8.29. The summed E-state index contributed by atoms with van der Waals surface area (Å²) < 4.78 is 5.67. The maximum Gasteiger partial charge on any atom is 0.314 e. The van der Waals surface area contributed by atoms with Crippen LogP contribution in [-0.2, 0) is 17.6 Å². The molecule has 2 aromatic carbocycles. The van der Waals surface area contributed by atoms with Gasteiger partial charge in [0.1, 0.15) is 11.8 Å². The number of unbranched alkanes of at least 4 members (excludes halogenated alkanes) is 1. The Balaban J connectivity index is 1.55. The van der Waals surface area contributed by atoms with Crippen molar-refractivity contribution in [1.29, 1.82) is 5.26 Å². The van der Waals surface area contributed by atoms with Crippen LogP contribution in [0.4, 0.5) is 0 Å². The minimum absolute atomic E-state index is 0.0808. The minimum atomic E-state index is -0.191. The molecule has 3 rings (SSSR count). The second kappa shape index (κ2) is 11.1. The molecule has 0 radical (unpaired) electrons. The first-order valence-corrected chi connectivity index (χ1v) is 11.8. The third-order valence-electron chi connectivity index (χ3n) is 6.35. The lowest BCUT2D eigenvalue weighted by molar-refractivity contribution is -0.140. The van der Waals surface area contributed by atoms with Crippen molar-refractivity contribution >= 4 is 5.97 Å². The van der Waals surface area contributed by atoms with E-state index in [2.05, 4.69) is 51.1 Å². The Labute approximate surface area is 187 Å². The van der Waals surface area contributed by atoms with Gasteiger partial charge in [0, 0.05) is 0 Å². The number of benzene rings is 2. The number of carbonyl (C=O) groups is 1. The normalized spacial score (nSPS) is 18.5. The molecule has 0 unspecified atom stereocenters. The molecule has 0 heterocycles. The molecule has 1 aliphatic rings. The summed E-state index contributed by atoms with van der Waals surface area (Å²) in [7, 11) is 0. The highest BCUT2D eigenvalue weighted by atomic mass is 16.5. The van der Waals surface area contributed by atoms with E-state index in [4.69, 9.17) is 4.74 Å². The van der Waals surface area contributed by atoms with Crippen molar-refractivity contribution in [1.82, 2.24) is 0 Å². The molecule has 0 aromatic heterocycles. The van der Waals surface area contributed by atoms with E-state index in [1.54, 1.807) is 6.07 Å². The highest BCUT2D eigenvalue weighted by molar-refractivity contribution is 5.76. The second-order valence-electron chi connectivity index (χ2n) is 9.36. The molecule has 1 saturated carbocycles. The fraction of sp³-hybridized carbons (Fsp3) is 0.500. The molecule has 0 bridgehead atoms. The van der Waals surface area contributed by atoms with Crippen molar-refractivity contribution in [2.75, 3.05) is 0 Å². The SMILES string of the molecule is CCCCc1ccc(OC(=O)C2CCC(c3ccc(CC(C)C)cc3)CC2)c(C#N)c1. The molecule has 0 saturated heterocycles. The highest BCUT2D eigenvalue weighted by Gasteiger charge is 2.29. The predicted molar refractivity (Wildman–Crippen MR) is 125 cm³/mol. The number of rotatable bonds is 8. The summed E-state index contributed by atoms with van der Waals surface area (Å²) in [5, 5.41) is 9.48. The van der Waals surface area contributed by atoms with E-state index in [9.17, 15) is 10.1 Å². The number of aryl methyl sites for hydroxylation is 1. The lowest BCUT2D eigenvalue weighted by Gasteiger charge is -2.27. The van der Waals surface area contributed by atoms with Gasteiger partial charge in [0.2, 0.25) is 0 Å². The smallest absolute Gasteiger partial charge is 0.314 e. The summed E-state index contributed by atoms with van der Waals surface area (Å²) >= 11 is 0. The van der Waals surface area contributed by atoms with Gasteiger partial charge < -0.3 is 4.74 Å². The van der Waals surface area contributed by atoms with Crippen molar-refractivity contribution in [3.63, 3.8) is 0 Å². The van der Waals surface area contributed by atoms with Crippen LogP contribution in [-0.4, -0.2) is 5.97 Å². The summed E-state index contributed by atoms with van der Waals surface area (Å²) in [4.78, 5) is 12.8. The molecule has 0 atom stereocenters. The molecule has 0 spiro atoms. The Morgan fingerprint density at radius 3 is 2.35 bits per heavy atom. The lowest BCUT2D eigenvalue weighted by atomic mass is 9.78. The first-order valence-electron chi connectivity index (χ1n) is 11.8. The Hall–Kier alpha value is -2.60. The van der Waals surface area contributed by atoms with Crippen LogP contribution in [0.25, 0.3) is 0 Å². The van der Waals surface area contributed by atoms with Crippen molar-refractivity contribution in [2.24, 2.45) is 11.8 Å². The molecule has 1 aliphatic carbocycles. The Morgan fingerprint density at radius 1 is 1.06 bits per heavy atom. The van der Waals surface area contributed by atoms with Crippen LogP contribution in [0.5, 0.6) is 5.75 Å². The summed E-state index contributed by atoms with van der Waals surface area (Å²) in [6.45, 7) is 6.64. The van der Waals surface area contributed by atoms with Gasteiger partial charge in [0.15, 0.2) is 0 Å². The van der Waals surface area contributed by atoms with E-state index in [1.807, 2.05) is 12.1 Å². The number of ether oxygens (including phenoxy) is 1. The molecule has 0 amide bonds. The molecule has 1 fully saturated rings. The zero-order valence-corrected chi connectivity index (χ0v) is 19.2. The molecule has 3 nitrogen and oxygen atoms in total. The molecule has 164 valence electrons. The van der Waals surface area contributed by atoms with Crippen LogP contribution in [0.1, 0.15) is 87.5 Å². The number of nitrogens with zero attached hydrogens (tertiary/aromatic N) is 1. The van der Waals surface area contributed by atoms with E-state index in [0.29, 0.717) is 23.1 Å². The maximum atomic E-state index is 12.8. The van der Waals surface area contributed by atoms with Crippen LogP contribution in [0.2, 0.25) is 0 Å². The quantitative estimate of drug-likeness (QED) is 0.344. The summed E-state index contributed by atoms with van der Waals surface area (Å²) in [5.74, 6) is 1.31. The fourth-order valence-corrected chi connectivity index (χ4v) is 4.54. The largest absolute Gasteiger partial charge is 0.425 e. The van der Waals surface area contributed by atoms with Crippen LogP contribution in [0, 0.1) is 23.2 Å². The number of hydrogen-bond acceptors (Lipinski definition) is 3. The summed E-state index contributed by atoms with van der Waals surface area (Å²) in [6, 6.07) is 16.8. The van der Waals surface area contributed by atoms with Gasteiger partial charge in [-0.1, -0.05) is 57.5 Å². The first kappa shape index (κ1) is 23.1. The number of esters is 1. The van der Waals surface area contributed by atoms with Gasteiger partial charge in [-0.3, -0.25) is 4.79 Å². The molecular weight excluding hydrogens is 382 g/mol. The standard InChI is InChI=1S/C28H35NO2/c1-4-5-6-21-9-16-27(26(18-21)19-29)31-28(30)25-14-12-24(13-15-25)23-10-7-22(8-11-23)17-20(2)3/h7-11,16,18,20,24-25H,4-6,12-15,17H2,1-3H3. The van der Waals surface area contributed by atoms with Crippen molar-refractivity contribution in [3.05, 3.63) is 64.7 Å². The van der Waals surface area contributed by atoms with Crippen molar-refractivity contribution < 1.29 is 9.53 Å². The van der Waals surface area contributed by atoms with Gasteiger partial charge >= 0.3 is 5.97 Å². The zero-order valence-electron chi connectivity index (χ0n) is 19.2. The van der Waals surface area contributed by atoms with E-state index < -0.39 is 0 Å². The monoisotopic (exact) mass is 417 g/mol. The van der Waals surface area contributed by atoms with Gasteiger partial charge in [-0.15, -0.1) is 0 Å². The maximum absolute atomic E-state index is 12.8. The highest BCUT2D eigenvalue weighted by Crippen LogP contribution is 2.37. The number of hydrogen-bond donors (Lipinski definition) is 0. The summed E-state index contributed by atoms with van der Waals surface area (Å²) in [6.07, 6.45) is 7.96. The molecule has 0 N–H and O–H groups in total. The Bertz CT molecular complexity index is 900. The first-order chi connectivity index (χ1) is 15.0. The average molecular weight is 418 g/mol. The molecular formula is C28H35NO2. The third-order valence-corrected chi connectivity index (χ3v) is 6.35. The zero-order chi connectivity index (χ0) is 22.2. The number of nitriles is 1. The van der Waals surface area contributed by atoms with Gasteiger partial charge in [-0.2, -0.15) is 5.26 Å². The van der Waals surface area contributed by atoms with Crippen molar-refractivity contribution in [2.45, 2.75) is 78.1 Å². The van der Waals surface area contributed by atoms with Gasteiger partial charge in [0.05, 0.1) is 11.5 Å². The van der Waals surface area contributed by atoms with Crippen molar-refractivity contribution in [3.8, 4) is 11.8 Å². The molecule has 0 aliphatic heterocycles. The van der Waals surface area contributed by atoms with Crippen LogP contribution < -0.4 is 4.74 Å². The van der Waals surface area contributed by atoms with Gasteiger partial charge in [0.25, 0.3) is 0 Å².